The Hall–Kier alpha value is -1.92. The van der Waals surface area contributed by atoms with Crippen LogP contribution >= 0.6 is 0 Å². The lowest BCUT2D eigenvalue weighted by Gasteiger charge is -2.29. The molecular formula is C20H32N4O2. The van der Waals surface area contributed by atoms with E-state index in [1.54, 1.807) is 0 Å². The molecule has 2 amide bonds. The quantitative estimate of drug-likeness (QED) is 0.792. The van der Waals surface area contributed by atoms with Gasteiger partial charge in [0.2, 0.25) is 5.91 Å². The van der Waals surface area contributed by atoms with E-state index in [1.807, 2.05) is 49.9 Å². The number of hydrogen-bond acceptors (Lipinski definition) is 4. The number of aryl methyl sites for hydroxylation is 2. The lowest BCUT2D eigenvalue weighted by Crippen LogP contribution is -2.47. The summed E-state index contributed by atoms with van der Waals surface area (Å²) in [5, 5.41) is 3.25. The molecule has 1 aromatic carbocycles. The van der Waals surface area contributed by atoms with E-state index in [1.165, 1.54) is 0 Å². The minimum atomic E-state index is 0.00626. The molecule has 0 atom stereocenters. The maximum atomic E-state index is 13.0. The van der Waals surface area contributed by atoms with Crippen LogP contribution in [0.4, 0.5) is 0 Å². The molecule has 0 aromatic heterocycles. The van der Waals surface area contributed by atoms with Crippen LogP contribution in [-0.4, -0.2) is 86.4 Å². The average molecular weight is 361 g/mol. The maximum absolute atomic E-state index is 13.0. The highest BCUT2D eigenvalue weighted by Gasteiger charge is 2.21. The SMILES string of the molecule is Cc1cc(C)cc(C(=O)N(CCC(=O)N2CCNCC2)CCN(C)C)c1. The Bertz CT molecular complexity index is 604. The number of carbonyl (C=O) groups excluding carboxylic acids is 2. The number of benzene rings is 1. The van der Waals surface area contributed by atoms with Crippen molar-refractivity contribution in [1.29, 1.82) is 0 Å². The number of piperazine rings is 1. The zero-order valence-electron chi connectivity index (χ0n) is 16.5. The molecule has 0 aliphatic carbocycles. The third-order valence-electron chi connectivity index (χ3n) is 4.64. The molecule has 1 aromatic rings. The van der Waals surface area contributed by atoms with Crippen LogP contribution < -0.4 is 5.32 Å². The number of amides is 2. The normalized spacial score (nSPS) is 14.6. The molecule has 0 spiro atoms. The summed E-state index contributed by atoms with van der Waals surface area (Å²) >= 11 is 0. The van der Waals surface area contributed by atoms with Crippen LogP contribution in [0.2, 0.25) is 0 Å². The van der Waals surface area contributed by atoms with Gasteiger partial charge in [-0.15, -0.1) is 0 Å². The molecule has 1 N–H and O–H groups in total. The third kappa shape index (κ3) is 6.11. The molecule has 1 aliphatic rings. The highest BCUT2D eigenvalue weighted by atomic mass is 16.2. The second kappa shape index (κ2) is 9.69. The highest BCUT2D eigenvalue weighted by molar-refractivity contribution is 5.95. The Kier molecular flexibility index (Phi) is 7.60. The Labute approximate surface area is 157 Å². The van der Waals surface area contributed by atoms with Gasteiger partial charge in [0.25, 0.3) is 5.91 Å². The van der Waals surface area contributed by atoms with Crippen molar-refractivity contribution in [2.75, 3.05) is 59.9 Å². The third-order valence-corrected chi connectivity index (χ3v) is 4.64. The van der Waals surface area contributed by atoms with Crippen molar-refractivity contribution in [1.82, 2.24) is 20.0 Å². The van der Waals surface area contributed by atoms with Gasteiger partial charge in [-0.2, -0.15) is 0 Å². The van der Waals surface area contributed by atoms with Crippen LogP contribution in [0, 0.1) is 13.8 Å². The van der Waals surface area contributed by atoms with Gasteiger partial charge in [-0.3, -0.25) is 9.59 Å². The number of carbonyl (C=O) groups is 2. The van der Waals surface area contributed by atoms with Crippen LogP contribution in [0.1, 0.15) is 27.9 Å². The van der Waals surface area contributed by atoms with Crippen LogP contribution in [0.25, 0.3) is 0 Å². The summed E-state index contributed by atoms with van der Waals surface area (Å²) in [7, 11) is 3.98. The molecule has 1 heterocycles. The van der Waals surface area contributed by atoms with Crippen LogP contribution in [0.3, 0.4) is 0 Å². The van der Waals surface area contributed by atoms with Crippen molar-refractivity contribution >= 4 is 11.8 Å². The molecule has 1 aliphatic heterocycles. The molecular weight excluding hydrogens is 328 g/mol. The van der Waals surface area contributed by atoms with Gasteiger partial charge >= 0.3 is 0 Å². The Morgan fingerprint density at radius 3 is 2.19 bits per heavy atom. The number of nitrogens with zero attached hydrogens (tertiary/aromatic N) is 3. The van der Waals surface area contributed by atoms with Gasteiger partial charge in [-0.25, -0.2) is 0 Å². The van der Waals surface area contributed by atoms with E-state index in [4.69, 9.17) is 0 Å². The van der Waals surface area contributed by atoms with Crippen molar-refractivity contribution in [2.45, 2.75) is 20.3 Å². The van der Waals surface area contributed by atoms with Crippen molar-refractivity contribution < 1.29 is 9.59 Å². The van der Waals surface area contributed by atoms with E-state index in [-0.39, 0.29) is 11.8 Å². The molecule has 6 heteroatoms. The molecule has 0 radical (unpaired) electrons. The molecule has 1 fully saturated rings. The van der Waals surface area contributed by atoms with E-state index in [0.29, 0.717) is 25.1 Å². The van der Waals surface area contributed by atoms with Crippen LogP contribution in [0.5, 0.6) is 0 Å². The van der Waals surface area contributed by atoms with Crippen molar-refractivity contribution in [3.63, 3.8) is 0 Å². The first-order valence-electron chi connectivity index (χ1n) is 9.37. The summed E-state index contributed by atoms with van der Waals surface area (Å²) < 4.78 is 0. The largest absolute Gasteiger partial charge is 0.340 e. The van der Waals surface area contributed by atoms with Gasteiger partial charge < -0.3 is 20.0 Å². The Balaban J connectivity index is 2.04. The molecule has 1 saturated heterocycles. The summed E-state index contributed by atoms with van der Waals surface area (Å²) in [5.41, 5.74) is 2.87. The lowest BCUT2D eigenvalue weighted by atomic mass is 10.1. The van der Waals surface area contributed by atoms with E-state index >= 15 is 0 Å². The topological polar surface area (TPSA) is 55.9 Å². The fraction of sp³-hybridized carbons (Fsp3) is 0.600. The van der Waals surface area contributed by atoms with Gasteiger partial charge in [-0.1, -0.05) is 17.2 Å². The summed E-state index contributed by atoms with van der Waals surface area (Å²) in [6.45, 7) is 9.05. The Morgan fingerprint density at radius 2 is 1.62 bits per heavy atom. The molecule has 2 rings (SSSR count). The van der Waals surface area contributed by atoms with Crippen molar-refractivity contribution in [3.8, 4) is 0 Å². The summed E-state index contributed by atoms with van der Waals surface area (Å²) in [5.74, 6) is 0.140. The van der Waals surface area contributed by atoms with E-state index in [0.717, 1.165) is 43.9 Å². The van der Waals surface area contributed by atoms with E-state index in [9.17, 15) is 9.59 Å². The average Bonchev–Trinajstić information content (AvgIpc) is 2.60. The van der Waals surface area contributed by atoms with E-state index in [2.05, 4.69) is 16.3 Å². The van der Waals surface area contributed by atoms with Gasteiger partial charge in [-0.05, 0) is 40.1 Å². The van der Waals surface area contributed by atoms with Crippen molar-refractivity contribution in [2.24, 2.45) is 0 Å². The molecule has 144 valence electrons. The summed E-state index contributed by atoms with van der Waals surface area (Å²) in [6.07, 6.45) is 0.379. The minimum absolute atomic E-state index is 0.00626. The van der Waals surface area contributed by atoms with Crippen molar-refractivity contribution in [3.05, 3.63) is 34.9 Å². The standard InChI is InChI=1S/C20H32N4O2/c1-16-13-17(2)15-18(14-16)20(26)24(12-11-22(3)4)8-5-19(25)23-9-6-21-7-10-23/h13-15,21H,5-12H2,1-4H3. The van der Waals surface area contributed by atoms with Crippen LogP contribution in [0.15, 0.2) is 18.2 Å². The minimum Gasteiger partial charge on any atom is -0.340 e. The first kappa shape index (κ1) is 20.4. The fourth-order valence-electron chi connectivity index (χ4n) is 3.22. The molecule has 26 heavy (non-hydrogen) atoms. The second-order valence-corrected chi connectivity index (χ2v) is 7.35. The summed E-state index contributed by atoms with van der Waals surface area (Å²) in [6, 6.07) is 5.92. The predicted molar refractivity (Wildman–Crippen MR) is 104 cm³/mol. The molecule has 0 saturated carbocycles. The monoisotopic (exact) mass is 360 g/mol. The highest BCUT2D eigenvalue weighted by Crippen LogP contribution is 2.12. The summed E-state index contributed by atoms with van der Waals surface area (Å²) in [4.78, 5) is 31.2. The first-order valence-corrected chi connectivity index (χ1v) is 9.37. The van der Waals surface area contributed by atoms with Gasteiger partial charge in [0.05, 0.1) is 0 Å². The van der Waals surface area contributed by atoms with Crippen LogP contribution in [-0.2, 0) is 4.79 Å². The lowest BCUT2D eigenvalue weighted by molar-refractivity contribution is -0.131. The zero-order valence-corrected chi connectivity index (χ0v) is 16.5. The molecule has 0 bridgehead atoms. The number of hydrogen-bond donors (Lipinski definition) is 1. The Morgan fingerprint density at radius 1 is 1.00 bits per heavy atom. The van der Waals surface area contributed by atoms with Gasteiger partial charge in [0.15, 0.2) is 0 Å². The second-order valence-electron chi connectivity index (χ2n) is 7.35. The number of likely N-dealkylation sites (N-methyl/N-ethyl adjacent to an activating group) is 1. The van der Waals surface area contributed by atoms with E-state index < -0.39 is 0 Å². The molecule has 6 nitrogen and oxygen atoms in total. The fourth-order valence-corrected chi connectivity index (χ4v) is 3.22. The van der Waals surface area contributed by atoms with Gasteiger partial charge in [0, 0.05) is 57.8 Å². The molecule has 0 unspecified atom stereocenters. The predicted octanol–water partition coefficient (Wildman–Crippen LogP) is 1.13. The number of nitrogens with one attached hydrogen (secondary N) is 1. The first-order chi connectivity index (χ1) is 12.4. The number of rotatable bonds is 7. The maximum Gasteiger partial charge on any atom is 0.253 e. The van der Waals surface area contributed by atoms with Gasteiger partial charge in [0.1, 0.15) is 0 Å². The zero-order chi connectivity index (χ0) is 19.1. The smallest absolute Gasteiger partial charge is 0.253 e.